The number of furan rings is 1. The summed E-state index contributed by atoms with van der Waals surface area (Å²) in [5, 5.41) is 13.3. The average Bonchev–Trinajstić information content (AvgIpc) is 3.42. The number of para-hydroxylation sites is 1. The van der Waals surface area contributed by atoms with E-state index < -0.39 is 11.9 Å². The van der Waals surface area contributed by atoms with Crippen LogP contribution in [0, 0.1) is 3.57 Å². The van der Waals surface area contributed by atoms with Crippen molar-refractivity contribution in [1.82, 2.24) is 0 Å². The van der Waals surface area contributed by atoms with E-state index in [1.54, 1.807) is 30.3 Å². The van der Waals surface area contributed by atoms with Crippen molar-refractivity contribution >= 4 is 51.1 Å². The Morgan fingerprint density at radius 3 is 2.68 bits per heavy atom. The SMILES string of the molecule is CCC(C(=O)O)c1ccccc1NC(=O)c1cc(I)c2oc(C3CC3)cc2c1. The number of aliphatic carboxylic acids is 1. The molecule has 6 heteroatoms. The number of carboxylic acids is 1. The van der Waals surface area contributed by atoms with E-state index in [1.807, 2.05) is 19.1 Å². The molecule has 0 radical (unpaired) electrons. The van der Waals surface area contributed by atoms with Gasteiger partial charge in [-0.3, -0.25) is 9.59 Å². The molecule has 1 atom stereocenters. The van der Waals surface area contributed by atoms with Crippen LogP contribution in [0.3, 0.4) is 0 Å². The Labute approximate surface area is 176 Å². The van der Waals surface area contributed by atoms with Gasteiger partial charge in [0, 0.05) is 22.6 Å². The quantitative estimate of drug-likeness (QED) is 0.433. The molecule has 0 aliphatic heterocycles. The van der Waals surface area contributed by atoms with Crippen LogP contribution in [-0.4, -0.2) is 17.0 Å². The molecule has 0 spiro atoms. The third-order valence-corrected chi connectivity index (χ3v) is 5.92. The summed E-state index contributed by atoms with van der Waals surface area (Å²) in [6, 6.07) is 12.7. The van der Waals surface area contributed by atoms with Crippen LogP contribution in [0.1, 0.15) is 59.7 Å². The largest absolute Gasteiger partial charge is 0.481 e. The molecule has 5 nitrogen and oxygen atoms in total. The fourth-order valence-corrected chi connectivity index (χ4v) is 4.22. The fourth-order valence-electron chi connectivity index (χ4n) is 3.47. The van der Waals surface area contributed by atoms with Crippen LogP contribution in [0.25, 0.3) is 11.0 Å². The maximum atomic E-state index is 12.9. The number of benzene rings is 2. The van der Waals surface area contributed by atoms with Crippen molar-refractivity contribution in [2.45, 2.75) is 38.0 Å². The second-order valence-corrected chi connectivity index (χ2v) is 8.30. The Balaban J connectivity index is 1.65. The van der Waals surface area contributed by atoms with Gasteiger partial charge in [0.15, 0.2) is 0 Å². The molecule has 2 N–H and O–H groups in total. The van der Waals surface area contributed by atoms with Crippen LogP contribution in [0.4, 0.5) is 5.69 Å². The molecule has 0 saturated heterocycles. The van der Waals surface area contributed by atoms with E-state index in [9.17, 15) is 14.7 Å². The van der Waals surface area contributed by atoms with Crippen LogP contribution >= 0.6 is 22.6 Å². The highest BCUT2D eigenvalue weighted by molar-refractivity contribution is 14.1. The molecule has 28 heavy (non-hydrogen) atoms. The number of amides is 1. The van der Waals surface area contributed by atoms with Gasteiger partial charge in [0.05, 0.1) is 9.49 Å². The first kappa shape index (κ1) is 19.0. The molecule has 1 amide bonds. The zero-order chi connectivity index (χ0) is 19.8. The smallest absolute Gasteiger partial charge is 0.311 e. The van der Waals surface area contributed by atoms with Gasteiger partial charge in [0.1, 0.15) is 11.3 Å². The summed E-state index contributed by atoms with van der Waals surface area (Å²) in [6.45, 7) is 1.82. The number of carbonyl (C=O) groups excluding carboxylic acids is 1. The summed E-state index contributed by atoms with van der Waals surface area (Å²) in [6.07, 6.45) is 2.76. The standard InChI is InChI=1S/C22H20INO4/c1-2-15(22(26)27)16-5-3-4-6-18(16)24-21(25)14-9-13-11-19(12-7-8-12)28-20(13)17(23)10-14/h3-6,9-12,15H,2,7-8H2,1H3,(H,24,25)(H,26,27). The number of hydrogen-bond donors (Lipinski definition) is 2. The summed E-state index contributed by atoms with van der Waals surface area (Å²) in [5.74, 6) is -0.320. The van der Waals surface area contributed by atoms with Crippen molar-refractivity contribution in [2.75, 3.05) is 5.32 Å². The van der Waals surface area contributed by atoms with Gasteiger partial charge in [-0.25, -0.2) is 0 Å². The van der Waals surface area contributed by atoms with Gasteiger partial charge >= 0.3 is 5.97 Å². The van der Waals surface area contributed by atoms with Crippen molar-refractivity contribution < 1.29 is 19.1 Å². The van der Waals surface area contributed by atoms with Gasteiger partial charge in [-0.15, -0.1) is 0 Å². The Kier molecular flexibility index (Phi) is 5.14. The molecule has 1 unspecified atom stereocenters. The van der Waals surface area contributed by atoms with Crippen LogP contribution < -0.4 is 5.32 Å². The normalized spacial score (nSPS) is 14.8. The summed E-state index contributed by atoms with van der Waals surface area (Å²) in [4.78, 5) is 24.5. The van der Waals surface area contributed by atoms with E-state index in [0.717, 1.165) is 33.1 Å². The molecule has 4 rings (SSSR count). The maximum absolute atomic E-state index is 12.9. The number of nitrogens with one attached hydrogen (secondary N) is 1. The van der Waals surface area contributed by atoms with Gasteiger partial charge < -0.3 is 14.8 Å². The first-order valence-electron chi connectivity index (χ1n) is 9.34. The lowest BCUT2D eigenvalue weighted by atomic mass is 9.95. The van der Waals surface area contributed by atoms with Gasteiger partial charge in [-0.1, -0.05) is 25.1 Å². The second kappa shape index (κ2) is 7.58. The Hall–Kier alpha value is -2.35. The van der Waals surface area contributed by atoms with Crippen LogP contribution in [0.15, 0.2) is 46.9 Å². The monoisotopic (exact) mass is 489 g/mol. The Morgan fingerprint density at radius 2 is 2.00 bits per heavy atom. The van der Waals surface area contributed by atoms with Crippen molar-refractivity contribution in [2.24, 2.45) is 0 Å². The molecule has 1 saturated carbocycles. The van der Waals surface area contributed by atoms with E-state index in [2.05, 4.69) is 27.9 Å². The van der Waals surface area contributed by atoms with Gasteiger partial charge in [-0.2, -0.15) is 0 Å². The highest BCUT2D eigenvalue weighted by atomic mass is 127. The molecule has 1 aliphatic rings. The number of anilines is 1. The van der Waals surface area contributed by atoms with E-state index >= 15 is 0 Å². The van der Waals surface area contributed by atoms with Crippen molar-refractivity contribution in [1.29, 1.82) is 0 Å². The molecule has 1 heterocycles. The summed E-state index contributed by atoms with van der Waals surface area (Å²) >= 11 is 2.19. The number of rotatable bonds is 6. The average molecular weight is 489 g/mol. The van der Waals surface area contributed by atoms with E-state index in [-0.39, 0.29) is 5.91 Å². The third kappa shape index (κ3) is 3.65. The first-order chi connectivity index (χ1) is 13.5. The molecule has 0 bridgehead atoms. The minimum Gasteiger partial charge on any atom is -0.481 e. The van der Waals surface area contributed by atoms with Crippen LogP contribution in [-0.2, 0) is 4.79 Å². The number of fused-ring (bicyclic) bond motifs is 1. The number of carboxylic acid groups (broad SMARTS) is 1. The van der Waals surface area contributed by atoms with E-state index in [1.165, 1.54) is 0 Å². The lowest BCUT2D eigenvalue weighted by Gasteiger charge is -2.16. The Bertz CT molecular complexity index is 1070. The molecule has 3 aromatic rings. The number of hydrogen-bond acceptors (Lipinski definition) is 3. The molecule has 1 aliphatic carbocycles. The molecule has 1 aromatic heterocycles. The zero-order valence-electron chi connectivity index (χ0n) is 15.4. The summed E-state index contributed by atoms with van der Waals surface area (Å²) in [7, 11) is 0. The predicted octanol–water partition coefficient (Wildman–Crippen LogP) is 5.75. The first-order valence-corrected chi connectivity index (χ1v) is 10.4. The molecular weight excluding hydrogens is 469 g/mol. The molecule has 2 aromatic carbocycles. The van der Waals surface area contributed by atoms with Gasteiger partial charge in [0.25, 0.3) is 5.91 Å². The maximum Gasteiger partial charge on any atom is 0.311 e. The lowest BCUT2D eigenvalue weighted by Crippen LogP contribution is -2.17. The molecule has 144 valence electrons. The predicted molar refractivity (Wildman–Crippen MR) is 116 cm³/mol. The van der Waals surface area contributed by atoms with Crippen molar-refractivity contribution in [3.05, 3.63) is 62.9 Å². The zero-order valence-corrected chi connectivity index (χ0v) is 17.5. The molecular formula is C22H20INO4. The van der Waals surface area contributed by atoms with Crippen LogP contribution in [0.5, 0.6) is 0 Å². The van der Waals surface area contributed by atoms with Crippen molar-refractivity contribution in [3.63, 3.8) is 0 Å². The number of carbonyl (C=O) groups is 2. The molecule has 1 fully saturated rings. The Morgan fingerprint density at radius 1 is 1.25 bits per heavy atom. The highest BCUT2D eigenvalue weighted by Crippen LogP contribution is 2.43. The highest BCUT2D eigenvalue weighted by Gasteiger charge is 2.28. The van der Waals surface area contributed by atoms with Crippen LogP contribution in [0.2, 0.25) is 0 Å². The summed E-state index contributed by atoms with van der Waals surface area (Å²) in [5.41, 5.74) is 2.48. The lowest BCUT2D eigenvalue weighted by molar-refractivity contribution is -0.138. The fraction of sp³-hybridized carbons (Fsp3) is 0.273. The minimum absolute atomic E-state index is 0.262. The second-order valence-electron chi connectivity index (χ2n) is 7.14. The summed E-state index contributed by atoms with van der Waals surface area (Å²) < 4.78 is 6.85. The van der Waals surface area contributed by atoms with E-state index in [4.69, 9.17) is 4.42 Å². The third-order valence-electron chi connectivity index (χ3n) is 5.12. The minimum atomic E-state index is -0.897. The van der Waals surface area contributed by atoms with Gasteiger partial charge in [-0.05, 0) is 71.7 Å². The van der Waals surface area contributed by atoms with Gasteiger partial charge in [0.2, 0.25) is 0 Å². The number of halogens is 1. The topological polar surface area (TPSA) is 79.5 Å². The van der Waals surface area contributed by atoms with Crippen molar-refractivity contribution in [3.8, 4) is 0 Å². The van der Waals surface area contributed by atoms with E-state index in [0.29, 0.717) is 29.2 Å².